The monoisotopic (exact) mass is 402 g/mol. The van der Waals surface area contributed by atoms with Gasteiger partial charge in [0.1, 0.15) is 12.4 Å². The number of nitrogens with zero attached hydrogens (tertiary/aromatic N) is 1. The number of rotatable bonds is 9. The van der Waals surface area contributed by atoms with Crippen molar-refractivity contribution >= 4 is 11.8 Å². The summed E-state index contributed by atoms with van der Waals surface area (Å²) in [6.07, 6.45) is 5.35. The van der Waals surface area contributed by atoms with Crippen LogP contribution in [0.2, 0.25) is 0 Å². The molecule has 0 bridgehead atoms. The molecule has 1 fully saturated rings. The molecule has 1 aliphatic heterocycles. The zero-order valence-electron chi connectivity index (χ0n) is 16.7. The van der Waals surface area contributed by atoms with E-state index < -0.39 is 5.54 Å². The van der Waals surface area contributed by atoms with Crippen LogP contribution in [0.5, 0.6) is 5.75 Å². The van der Waals surface area contributed by atoms with Crippen molar-refractivity contribution in [3.8, 4) is 5.75 Å². The third kappa shape index (κ3) is 5.36. The van der Waals surface area contributed by atoms with E-state index in [0.29, 0.717) is 43.9 Å². The summed E-state index contributed by atoms with van der Waals surface area (Å²) in [5.41, 5.74) is -0.234. The number of amides is 1. The Morgan fingerprint density at radius 3 is 2.69 bits per heavy atom. The number of aliphatic hydroxyl groups is 2. The van der Waals surface area contributed by atoms with Crippen LogP contribution < -0.4 is 10.1 Å². The Bertz CT molecular complexity index is 725. The molecule has 7 nitrogen and oxygen atoms in total. The normalized spacial score (nSPS) is 26.3. The number of carbonyl (C=O) groups excluding carboxylic acids is 1. The van der Waals surface area contributed by atoms with Crippen molar-refractivity contribution in [2.45, 2.75) is 56.2 Å². The molecule has 29 heavy (non-hydrogen) atoms. The highest BCUT2D eigenvalue weighted by Crippen LogP contribution is 2.28. The van der Waals surface area contributed by atoms with Gasteiger partial charge in [0.2, 0.25) is 5.90 Å². The van der Waals surface area contributed by atoms with Gasteiger partial charge in [0.05, 0.1) is 12.7 Å². The standard InChI is InChI=1S/C22H30N2O5/c1-2-12-22(21(27)23-17-6-8-18(26)9-7-17)15-29-20(24-22)16-4-10-19(11-5-16)28-14-3-13-25/h2,4-5,10-11,17-18,25-26H,1,3,6-9,12-15H2,(H,23,27)/t17?,18?,22-/m1/s1. The van der Waals surface area contributed by atoms with Gasteiger partial charge in [0.15, 0.2) is 5.54 Å². The lowest BCUT2D eigenvalue weighted by molar-refractivity contribution is -0.127. The van der Waals surface area contributed by atoms with Crippen LogP contribution in [0.25, 0.3) is 0 Å². The predicted octanol–water partition coefficient (Wildman–Crippen LogP) is 1.96. The van der Waals surface area contributed by atoms with Crippen LogP contribution in [0.4, 0.5) is 0 Å². The molecule has 1 saturated carbocycles. The molecule has 1 heterocycles. The van der Waals surface area contributed by atoms with Crippen molar-refractivity contribution in [2.24, 2.45) is 4.99 Å². The maximum atomic E-state index is 13.0. The van der Waals surface area contributed by atoms with Gasteiger partial charge in [-0.1, -0.05) is 6.08 Å². The summed E-state index contributed by atoms with van der Waals surface area (Å²) in [5, 5.41) is 21.6. The summed E-state index contributed by atoms with van der Waals surface area (Å²) < 4.78 is 11.3. The number of nitrogens with one attached hydrogen (secondary N) is 1. The molecule has 1 amide bonds. The highest BCUT2D eigenvalue weighted by Gasteiger charge is 2.44. The summed E-state index contributed by atoms with van der Waals surface area (Å²) >= 11 is 0. The number of hydrogen-bond acceptors (Lipinski definition) is 6. The Hall–Kier alpha value is -2.38. The van der Waals surface area contributed by atoms with Crippen molar-refractivity contribution in [3.05, 3.63) is 42.5 Å². The molecule has 0 aromatic heterocycles. The first-order chi connectivity index (χ1) is 14.1. The second-order valence-corrected chi connectivity index (χ2v) is 7.66. The number of benzene rings is 1. The maximum absolute atomic E-state index is 13.0. The van der Waals surface area contributed by atoms with Crippen molar-refractivity contribution < 1.29 is 24.5 Å². The maximum Gasteiger partial charge on any atom is 0.252 e. The second kappa shape index (κ2) is 9.89. The van der Waals surface area contributed by atoms with Crippen molar-refractivity contribution in [1.82, 2.24) is 5.32 Å². The van der Waals surface area contributed by atoms with Gasteiger partial charge in [-0.2, -0.15) is 0 Å². The summed E-state index contributed by atoms with van der Waals surface area (Å²) in [5.74, 6) is 0.983. The van der Waals surface area contributed by atoms with Gasteiger partial charge < -0.3 is 25.0 Å². The van der Waals surface area contributed by atoms with E-state index in [2.05, 4.69) is 16.9 Å². The quantitative estimate of drug-likeness (QED) is 0.433. The summed E-state index contributed by atoms with van der Waals surface area (Å²) in [6, 6.07) is 7.39. The number of aliphatic hydroxyl groups excluding tert-OH is 2. The average Bonchev–Trinajstić information content (AvgIpc) is 3.16. The van der Waals surface area contributed by atoms with Crippen LogP contribution in [0, 0.1) is 0 Å². The molecule has 1 aliphatic carbocycles. The van der Waals surface area contributed by atoms with Crippen molar-refractivity contribution in [2.75, 3.05) is 19.8 Å². The molecule has 0 unspecified atom stereocenters. The van der Waals surface area contributed by atoms with Crippen molar-refractivity contribution in [3.63, 3.8) is 0 Å². The van der Waals surface area contributed by atoms with E-state index in [4.69, 9.17) is 14.6 Å². The number of carbonyl (C=O) groups is 1. The second-order valence-electron chi connectivity index (χ2n) is 7.66. The third-order valence-corrected chi connectivity index (χ3v) is 5.37. The Labute approximate surface area is 171 Å². The number of hydrogen-bond donors (Lipinski definition) is 3. The SMILES string of the molecule is C=CC[C@]1(C(=O)NC2CCC(O)CC2)COC(c2ccc(OCCCO)cc2)=N1. The van der Waals surface area contributed by atoms with Crippen LogP contribution in [0.1, 0.15) is 44.1 Å². The largest absolute Gasteiger partial charge is 0.494 e. The van der Waals surface area contributed by atoms with Crippen LogP contribution in [0.15, 0.2) is 41.9 Å². The fraction of sp³-hybridized carbons (Fsp3) is 0.545. The first-order valence-electron chi connectivity index (χ1n) is 10.2. The summed E-state index contributed by atoms with van der Waals surface area (Å²) in [4.78, 5) is 17.7. The predicted molar refractivity (Wildman–Crippen MR) is 110 cm³/mol. The van der Waals surface area contributed by atoms with Gasteiger partial charge in [-0.05, 0) is 49.9 Å². The molecule has 158 valence electrons. The third-order valence-electron chi connectivity index (χ3n) is 5.37. The van der Waals surface area contributed by atoms with E-state index in [1.807, 2.05) is 24.3 Å². The fourth-order valence-electron chi connectivity index (χ4n) is 3.64. The Kier molecular flexibility index (Phi) is 7.28. The van der Waals surface area contributed by atoms with Gasteiger partial charge in [0, 0.05) is 31.1 Å². The molecular formula is C22H30N2O5. The molecule has 3 rings (SSSR count). The van der Waals surface area contributed by atoms with Crippen molar-refractivity contribution in [1.29, 1.82) is 0 Å². The van der Waals surface area contributed by atoms with E-state index in [1.165, 1.54) is 0 Å². The molecule has 3 N–H and O–H groups in total. The minimum absolute atomic E-state index is 0.0576. The lowest BCUT2D eigenvalue weighted by atomic mass is 9.91. The Morgan fingerprint density at radius 1 is 1.31 bits per heavy atom. The summed E-state index contributed by atoms with van der Waals surface area (Å²) in [7, 11) is 0. The van der Waals surface area contributed by atoms with E-state index in [9.17, 15) is 9.90 Å². The van der Waals surface area contributed by atoms with E-state index in [0.717, 1.165) is 18.4 Å². The van der Waals surface area contributed by atoms with Gasteiger partial charge in [-0.3, -0.25) is 4.79 Å². The van der Waals surface area contributed by atoms with Gasteiger partial charge in [0.25, 0.3) is 5.91 Å². The summed E-state index contributed by atoms with van der Waals surface area (Å²) in [6.45, 7) is 4.50. The zero-order valence-corrected chi connectivity index (χ0v) is 16.7. The lowest BCUT2D eigenvalue weighted by Gasteiger charge is -2.29. The molecule has 1 aromatic carbocycles. The Morgan fingerprint density at radius 2 is 2.03 bits per heavy atom. The van der Waals surface area contributed by atoms with Crippen LogP contribution >= 0.6 is 0 Å². The highest BCUT2D eigenvalue weighted by molar-refractivity contribution is 6.00. The molecule has 1 aromatic rings. The van der Waals surface area contributed by atoms with E-state index in [-0.39, 0.29) is 31.3 Å². The smallest absolute Gasteiger partial charge is 0.252 e. The molecule has 7 heteroatoms. The molecule has 0 spiro atoms. The topological polar surface area (TPSA) is 100 Å². The first-order valence-corrected chi connectivity index (χ1v) is 10.2. The van der Waals surface area contributed by atoms with E-state index >= 15 is 0 Å². The molecular weight excluding hydrogens is 372 g/mol. The van der Waals surface area contributed by atoms with Gasteiger partial charge in [-0.25, -0.2) is 4.99 Å². The molecule has 0 radical (unpaired) electrons. The molecule has 2 aliphatic rings. The number of ether oxygens (including phenoxy) is 2. The fourth-order valence-corrected chi connectivity index (χ4v) is 3.64. The zero-order chi connectivity index (χ0) is 20.7. The highest BCUT2D eigenvalue weighted by atomic mass is 16.5. The van der Waals surface area contributed by atoms with Gasteiger partial charge in [-0.15, -0.1) is 6.58 Å². The Balaban J connectivity index is 1.68. The first kappa shape index (κ1) is 21.3. The number of aliphatic imine (C=N–C) groups is 1. The molecule has 1 atom stereocenters. The van der Waals surface area contributed by atoms with Gasteiger partial charge >= 0.3 is 0 Å². The minimum Gasteiger partial charge on any atom is -0.494 e. The average molecular weight is 402 g/mol. The van der Waals surface area contributed by atoms with E-state index in [1.54, 1.807) is 6.08 Å². The lowest BCUT2D eigenvalue weighted by Crippen LogP contribution is -2.51. The molecule has 0 saturated heterocycles. The van der Waals surface area contributed by atoms with Crippen LogP contribution in [-0.4, -0.2) is 59.5 Å². The van der Waals surface area contributed by atoms with Crippen LogP contribution in [0.3, 0.4) is 0 Å². The minimum atomic E-state index is -1.01. The van der Waals surface area contributed by atoms with Crippen LogP contribution in [-0.2, 0) is 9.53 Å².